The molecule has 0 aliphatic carbocycles. The Bertz CT molecular complexity index is 627. The Morgan fingerprint density at radius 1 is 0.958 bits per heavy atom. The molecule has 1 aromatic carbocycles. The molecule has 0 N–H and O–H groups in total. The SMILES string of the molecule is COc1cc2c(cc1OC)CN(C(=O)N1CCN(C=O)CC1)CC2. The van der Waals surface area contributed by atoms with E-state index in [-0.39, 0.29) is 6.03 Å². The minimum Gasteiger partial charge on any atom is -0.493 e. The standard InChI is InChI=1S/C17H23N3O4/c1-23-15-9-13-3-4-20(11-14(13)10-16(15)24-2)17(22)19-7-5-18(12-21)6-8-19/h9-10,12H,3-8,11H2,1-2H3. The molecule has 2 aliphatic rings. The minimum absolute atomic E-state index is 0.0426. The lowest BCUT2D eigenvalue weighted by Gasteiger charge is -2.38. The van der Waals surface area contributed by atoms with Crippen molar-refractivity contribution >= 4 is 12.4 Å². The fourth-order valence-electron chi connectivity index (χ4n) is 3.27. The Kier molecular flexibility index (Phi) is 4.78. The van der Waals surface area contributed by atoms with E-state index in [2.05, 4.69) is 0 Å². The first-order valence-electron chi connectivity index (χ1n) is 8.13. The summed E-state index contributed by atoms with van der Waals surface area (Å²) in [7, 11) is 3.24. The zero-order chi connectivity index (χ0) is 17.1. The smallest absolute Gasteiger partial charge is 0.320 e. The molecule has 7 heteroatoms. The summed E-state index contributed by atoms with van der Waals surface area (Å²) in [6.45, 7) is 3.65. The molecule has 7 nitrogen and oxygen atoms in total. The predicted octanol–water partition coefficient (Wildman–Crippen LogP) is 0.956. The number of ether oxygens (including phenoxy) is 2. The highest BCUT2D eigenvalue weighted by Gasteiger charge is 2.28. The van der Waals surface area contributed by atoms with Gasteiger partial charge in [0.1, 0.15) is 0 Å². The van der Waals surface area contributed by atoms with Gasteiger partial charge in [0.05, 0.1) is 14.2 Å². The highest BCUT2D eigenvalue weighted by atomic mass is 16.5. The van der Waals surface area contributed by atoms with E-state index < -0.39 is 0 Å². The third-order valence-electron chi connectivity index (χ3n) is 4.72. The second kappa shape index (κ2) is 6.98. The third kappa shape index (κ3) is 3.11. The number of fused-ring (bicyclic) bond motifs is 1. The fourth-order valence-corrected chi connectivity index (χ4v) is 3.27. The number of carbonyl (C=O) groups excluding carboxylic acids is 2. The van der Waals surface area contributed by atoms with Crippen LogP contribution >= 0.6 is 0 Å². The lowest BCUT2D eigenvalue weighted by atomic mass is 9.99. The van der Waals surface area contributed by atoms with Gasteiger partial charge in [-0.1, -0.05) is 0 Å². The van der Waals surface area contributed by atoms with Crippen molar-refractivity contribution in [2.45, 2.75) is 13.0 Å². The summed E-state index contributed by atoms with van der Waals surface area (Å²) in [5.74, 6) is 1.41. The van der Waals surface area contributed by atoms with E-state index in [1.807, 2.05) is 21.9 Å². The molecule has 1 saturated heterocycles. The van der Waals surface area contributed by atoms with Crippen LogP contribution in [0.5, 0.6) is 11.5 Å². The summed E-state index contributed by atoms with van der Waals surface area (Å²) in [5, 5.41) is 0. The van der Waals surface area contributed by atoms with Crippen LogP contribution < -0.4 is 9.47 Å². The molecule has 0 bridgehead atoms. The molecule has 0 aromatic heterocycles. The maximum Gasteiger partial charge on any atom is 0.320 e. The van der Waals surface area contributed by atoms with E-state index in [4.69, 9.17) is 9.47 Å². The molecule has 1 aromatic rings. The van der Waals surface area contributed by atoms with Crippen molar-refractivity contribution in [3.63, 3.8) is 0 Å². The van der Waals surface area contributed by atoms with Gasteiger partial charge >= 0.3 is 6.03 Å². The Balaban J connectivity index is 1.70. The van der Waals surface area contributed by atoms with Gasteiger partial charge in [-0.25, -0.2) is 4.79 Å². The Labute approximate surface area is 141 Å². The van der Waals surface area contributed by atoms with Crippen molar-refractivity contribution in [3.8, 4) is 11.5 Å². The highest BCUT2D eigenvalue weighted by Crippen LogP contribution is 2.33. The summed E-state index contributed by atoms with van der Waals surface area (Å²) in [5.41, 5.74) is 2.29. The lowest BCUT2D eigenvalue weighted by molar-refractivity contribution is -0.119. The zero-order valence-corrected chi connectivity index (χ0v) is 14.2. The molecule has 130 valence electrons. The molecule has 0 unspecified atom stereocenters. The Morgan fingerprint density at radius 3 is 2.17 bits per heavy atom. The molecule has 2 heterocycles. The van der Waals surface area contributed by atoms with E-state index in [0.717, 1.165) is 24.1 Å². The molecule has 2 aliphatic heterocycles. The largest absolute Gasteiger partial charge is 0.493 e. The number of nitrogens with zero attached hydrogens (tertiary/aromatic N) is 3. The number of hydrogen-bond acceptors (Lipinski definition) is 4. The summed E-state index contributed by atoms with van der Waals surface area (Å²) in [6.07, 6.45) is 1.65. The molecule has 3 amide bonds. The number of hydrogen-bond donors (Lipinski definition) is 0. The molecule has 0 radical (unpaired) electrons. The number of amides is 3. The van der Waals surface area contributed by atoms with Crippen molar-refractivity contribution in [3.05, 3.63) is 23.3 Å². The number of carbonyl (C=O) groups is 2. The van der Waals surface area contributed by atoms with Gasteiger partial charge in [0.2, 0.25) is 6.41 Å². The van der Waals surface area contributed by atoms with Gasteiger partial charge in [-0.15, -0.1) is 0 Å². The van der Waals surface area contributed by atoms with Crippen LogP contribution in [0.1, 0.15) is 11.1 Å². The number of methoxy groups -OCH3 is 2. The topological polar surface area (TPSA) is 62.3 Å². The van der Waals surface area contributed by atoms with E-state index in [1.54, 1.807) is 19.1 Å². The fraction of sp³-hybridized carbons (Fsp3) is 0.529. The summed E-state index contributed by atoms with van der Waals surface area (Å²) in [4.78, 5) is 28.9. The lowest BCUT2D eigenvalue weighted by Crippen LogP contribution is -2.53. The summed E-state index contributed by atoms with van der Waals surface area (Å²) in [6, 6.07) is 4.00. The maximum absolute atomic E-state index is 12.7. The normalized spacial score (nSPS) is 17.3. The van der Waals surface area contributed by atoms with Crippen LogP contribution in [0, 0.1) is 0 Å². The van der Waals surface area contributed by atoms with Crippen LogP contribution in [0.2, 0.25) is 0 Å². The van der Waals surface area contributed by atoms with Crippen LogP contribution in [-0.4, -0.2) is 74.1 Å². The average Bonchev–Trinajstić information content (AvgIpc) is 2.65. The zero-order valence-electron chi connectivity index (χ0n) is 14.2. The Hall–Kier alpha value is -2.44. The second-order valence-electron chi connectivity index (χ2n) is 6.06. The van der Waals surface area contributed by atoms with Crippen LogP contribution in [-0.2, 0) is 17.8 Å². The van der Waals surface area contributed by atoms with Crippen molar-refractivity contribution in [2.75, 3.05) is 46.9 Å². The van der Waals surface area contributed by atoms with Gasteiger partial charge in [0, 0.05) is 39.3 Å². The van der Waals surface area contributed by atoms with Gasteiger partial charge in [-0.3, -0.25) is 4.79 Å². The first-order chi connectivity index (χ1) is 11.7. The van der Waals surface area contributed by atoms with Gasteiger partial charge in [0.15, 0.2) is 11.5 Å². The van der Waals surface area contributed by atoms with Crippen LogP contribution in [0.3, 0.4) is 0 Å². The van der Waals surface area contributed by atoms with E-state index in [1.165, 1.54) is 5.56 Å². The predicted molar refractivity (Wildman–Crippen MR) is 88.3 cm³/mol. The number of benzene rings is 1. The second-order valence-corrected chi connectivity index (χ2v) is 6.06. The van der Waals surface area contributed by atoms with Gasteiger partial charge in [-0.2, -0.15) is 0 Å². The first-order valence-corrected chi connectivity index (χ1v) is 8.13. The van der Waals surface area contributed by atoms with Gasteiger partial charge < -0.3 is 24.2 Å². The molecule has 1 fully saturated rings. The van der Waals surface area contributed by atoms with Crippen molar-refractivity contribution in [1.29, 1.82) is 0 Å². The van der Waals surface area contributed by atoms with E-state index in [9.17, 15) is 9.59 Å². The first kappa shape index (κ1) is 16.4. The van der Waals surface area contributed by atoms with Gasteiger partial charge in [-0.05, 0) is 29.7 Å². The molecule has 0 saturated carbocycles. The number of piperazine rings is 1. The minimum atomic E-state index is 0.0426. The molecule has 0 atom stereocenters. The highest BCUT2D eigenvalue weighted by molar-refractivity contribution is 5.75. The monoisotopic (exact) mass is 333 g/mol. The molecule has 0 spiro atoms. The van der Waals surface area contributed by atoms with Crippen molar-refractivity contribution in [2.24, 2.45) is 0 Å². The van der Waals surface area contributed by atoms with E-state index >= 15 is 0 Å². The summed E-state index contributed by atoms with van der Waals surface area (Å²) < 4.78 is 10.7. The van der Waals surface area contributed by atoms with Crippen molar-refractivity contribution in [1.82, 2.24) is 14.7 Å². The molecular weight excluding hydrogens is 310 g/mol. The maximum atomic E-state index is 12.7. The molecular formula is C17H23N3O4. The van der Waals surface area contributed by atoms with Crippen LogP contribution in [0.4, 0.5) is 4.79 Å². The number of rotatable bonds is 3. The van der Waals surface area contributed by atoms with Crippen LogP contribution in [0.15, 0.2) is 12.1 Å². The number of urea groups is 1. The van der Waals surface area contributed by atoms with Crippen LogP contribution in [0.25, 0.3) is 0 Å². The van der Waals surface area contributed by atoms with Gasteiger partial charge in [0.25, 0.3) is 0 Å². The molecule has 24 heavy (non-hydrogen) atoms. The third-order valence-corrected chi connectivity index (χ3v) is 4.72. The molecule has 3 rings (SSSR count). The average molecular weight is 333 g/mol. The summed E-state index contributed by atoms with van der Waals surface area (Å²) >= 11 is 0. The Morgan fingerprint density at radius 2 is 1.58 bits per heavy atom. The van der Waals surface area contributed by atoms with E-state index in [0.29, 0.717) is 45.0 Å². The van der Waals surface area contributed by atoms with Crippen molar-refractivity contribution < 1.29 is 19.1 Å². The quantitative estimate of drug-likeness (QED) is 0.773.